The van der Waals surface area contributed by atoms with E-state index in [-0.39, 0.29) is 5.91 Å². The minimum Gasteiger partial charge on any atom is -0.463 e. The Morgan fingerprint density at radius 2 is 2.13 bits per heavy atom. The highest BCUT2D eigenvalue weighted by atomic mass is 16.3. The van der Waals surface area contributed by atoms with Gasteiger partial charge in [-0.25, -0.2) is 0 Å². The SMILES string of the molecule is O=C(NC1CC1)c1coc2ccccc12. The molecular formula is C12H11NO2. The van der Waals surface area contributed by atoms with Gasteiger partial charge in [-0.1, -0.05) is 18.2 Å². The predicted molar refractivity (Wildman–Crippen MR) is 56.7 cm³/mol. The number of rotatable bonds is 2. The third-order valence-corrected chi connectivity index (χ3v) is 2.64. The van der Waals surface area contributed by atoms with Gasteiger partial charge in [0.2, 0.25) is 0 Å². The molecule has 0 unspecified atom stereocenters. The zero-order chi connectivity index (χ0) is 10.3. The highest BCUT2D eigenvalue weighted by molar-refractivity contribution is 6.06. The molecule has 1 aliphatic carbocycles. The lowest BCUT2D eigenvalue weighted by atomic mass is 10.1. The van der Waals surface area contributed by atoms with Crippen LogP contribution < -0.4 is 5.32 Å². The first kappa shape index (κ1) is 8.53. The van der Waals surface area contributed by atoms with Crippen molar-refractivity contribution in [3.05, 3.63) is 36.1 Å². The largest absolute Gasteiger partial charge is 0.463 e. The van der Waals surface area contributed by atoms with E-state index < -0.39 is 0 Å². The summed E-state index contributed by atoms with van der Waals surface area (Å²) in [4.78, 5) is 11.8. The fraction of sp³-hybridized carbons (Fsp3) is 0.250. The van der Waals surface area contributed by atoms with Gasteiger partial charge in [-0.15, -0.1) is 0 Å². The smallest absolute Gasteiger partial charge is 0.255 e. The molecule has 0 saturated heterocycles. The number of hydrogen-bond donors (Lipinski definition) is 1. The normalized spacial score (nSPS) is 15.5. The Hall–Kier alpha value is -1.77. The van der Waals surface area contributed by atoms with Crippen LogP contribution in [0.4, 0.5) is 0 Å². The number of carbonyl (C=O) groups excluding carboxylic acids is 1. The molecule has 3 heteroatoms. The van der Waals surface area contributed by atoms with Gasteiger partial charge in [0.05, 0.1) is 5.56 Å². The molecule has 1 amide bonds. The number of para-hydroxylation sites is 1. The van der Waals surface area contributed by atoms with Gasteiger partial charge < -0.3 is 9.73 Å². The zero-order valence-corrected chi connectivity index (χ0v) is 8.19. The van der Waals surface area contributed by atoms with Crippen molar-refractivity contribution >= 4 is 16.9 Å². The molecule has 15 heavy (non-hydrogen) atoms. The van der Waals surface area contributed by atoms with Crippen LogP contribution in [0.5, 0.6) is 0 Å². The lowest BCUT2D eigenvalue weighted by Gasteiger charge is -1.99. The van der Waals surface area contributed by atoms with Crippen LogP contribution in [0.1, 0.15) is 23.2 Å². The summed E-state index contributed by atoms with van der Waals surface area (Å²) in [5, 5.41) is 3.83. The highest BCUT2D eigenvalue weighted by Gasteiger charge is 2.25. The van der Waals surface area contributed by atoms with Crippen molar-refractivity contribution in [2.45, 2.75) is 18.9 Å². The van der Waals surface area contributed by atoms with Crippen LogP contribution in [0.2, 0.25) is 0 Å². The Labute approximate surface area is 87.1 Å². The Kier molecular flexibility index (Phi) is 1.78. The van der Waals surface area contributed by atoms with Gasteiger partial charge in [0, 0.05) is 11.4 Å². The molecular weight excluding hydrogens is 190 g/mol. The topological polar surface area (TPSA) is 42.2 Å². The van der Waals surface area contributed by atoms with E-state index in [4.69, 9.17) is 4.42 Å². The van der Waals surface area contributed by atoms with Gasteiger partial charge in [-0.3, -0.25) is 4.79 Å². The molecule has 76 valence electrons. The van der Waals surface area contributed by atoms with Gasteiger partial charge in [-0.05, 0) is 18.9 Å². The summed E-state index contributed by atoms with van der Waals surface area (Å²) in [7, 11) is 0. The van der Waals surface area contributed by atoms with Crippen LogP contribution in [0, 0.1) is 0 Å². The molecule has 0 radical (unpaired) electrons. The number of amides is 1. The van der Waals surface area contributed by atoms with Crippen molar-refractivity contribution in [2.24, 2.45) is 0 Å². The average molecular weight is 201 g/mol. The molecule has 1 aliphatic rings. The van der Waals surface area contributed by atoms with E-state index in [0.29, 0.717) is 11.6 Å². The number of nitrogens with one attached hydrogen (secondary N) is 1. The van der Waals surface area contributed by atoms with E-state index in [2.05, 4.69) is 5.32 Å². The first-order valence-electron chi connectivity index (χ1n) is 5.12. The van der Waals surface area contributed by atoms with E-state index >= 15 is 0 Å². The number of benzene rings is 1. The maximum absolute atomic E-state index is 11.8. The zero-order valence-electron chi connectivity index (χ0n) is 8.19. The van der Waals surface area contributed by atoms with Gasteiger partial charge in [0.25, 0.3) is 5.91 Å². The number of fused-ring (bicyclic) bond motifs is 1. The fourth-order valence-electron chi connectivity index (χ4n) is 1.64. The second-order valence-electron chi connectivity index (χ2n) is 3.89. The predicted octanol–water partition coefficient (Wildman–Crippen LogP) is 2.33. The van der Waals surface area contributed by atoms with Gasteiger partial charge >= 0.3 is 0 Å². The van der Waals surface area contributed by atoms with E-state index in [0.717, 1.165) is 23.8 Å². The molecule has 3 rings (SSSR count). The van der Waals surface area contributed by atoms with Crippen LogP contribution in [0.25, 0.3) is 11.0 Å². The summed E-state index contributed by atoms with van der Waals surface area (Å²) >= 11 is 0. The third kappa shape index (κ3) is 1.50. The molecule has 1 aromatic carbocycles. The molecule has 1 aromatic heterocycles. The minimum atomic E-state index is -0.0255. The first-order chi connectivity index (χ1) is 7.34. The average Bonchev–Trinajstić information content (AvgIpc) is 2.96. The lowest BCUT2D eigenvalue weighted by Crippen LogP contribution is -2.24. The van der Waals surface area contributed by atoms with Gasteiger partial charge in [0.15, 0.2) is 0 Å². The first-order valence-corrected chi connectivity index (χ1v) is 5.12. The van der Waals surface area contributed by atoms with Crippen LogP contribution >= 0.6 is 0 Å². The molecule has 0 aliphatic heterocycles. The molecule has 1 heterocycles. The molecule has 2 aromatic rings. The molecule has 0 bridgehead atoms. The van der Waals surface area contributed by atoms with E-state index in [9.17, 15) is 4.79 Å². The molecule has 1 N–H and O–H groups in total. The van der Waals surface area contributed by atoms with Crippen LogP contribution in [-0.2, 0) is 0 Å². The Morgan fingerprint density at radius 1 is 1.33 bits per heavy atom. The Morgan fingerprint density at radius 3 is 2.93 bits per heavy atom. The van der Waals surface area contributed by atoms with E-state index in [1.54, 1.807) is 0 Å². The van der Waals surface area contributed by atoms with Gasteiger partial charge in [-0.2, -0.15) is 0 Å². The minimum absolute atomic E-state index is 0.0255. The number of hydrogen-bond acceptors (Lipinski definition) is 2. The van der Waals surface area contributed by atoms with Crippen LogP contribution in [0.3, 0.4) is 0 Å². The summed E-state index contributed by atoms with van der Waals surface area (Å²) in [5.74, 6) is -0.0255. The quantitative estimate of drug-likeness (QED) is 0.810. The molecule has 1 saturated carbocycles. The summed E-state index contributed by atoms with van der Waals surface area (Å²) in [6, 6.07) is 7.95. The number of furan rings is 1. The Balaban J connectivity index is 1.98. The second kappa shape index (κ2) is 3.12. The summed E-state index contributed by atoms with van der Waals surface area (Å²) in [6.07, 6.45) is 3.73. The fourth-order valence-corrected chi connectivity index (χ4v) is 1.64. The highest BCUT2D eigenvalue weighted by Crippen LogP contribution is 2.23. The van der Waals surface area contributed by atoms with E-state index in [1.165, 1.54) is 6.26 Å². The summed E-state index contributed by atoms with van der Waals surface area (Å²) in [5.41, 5.74) is 1.40. The summed E-state index contributed by atoms with van der Waals surface area (Å²) < 4.78 is 5.31. The van der Waals surface area contributed by atoms with Gasteiger partial charge in [0.1, 0.15) is 11.8 Å². The van der Waals surface area contributed by atoms with Crippen molar-refractivity contribution in [1.29, 1.82) is 0 Å². The van der Waals surface area contributed by atoms with Crippen molar-refractivity contribution in [2.75, 3.05) is 0 Å². The molecule has 0 atom stereocenters. The lowest BCUT2D eigenvalue weighted by molar-refractivity contribution is 0.0952. The third-order valence-electron chi connectivity index (χ3n) is 2.64. The maximum atomic E-state index is 11.8. The van der Waals surface area contributed by atoms with Crippen molar-refractivity contribution in [3.63, 3.8) is 0 Å². The Bertz CT molecular complexity index is 511. The van der Waals surface area contributed by atoms with Crippen molar-refractivity contribution in [3.8, 4) is 0 Å². The number of carbonyl (C=O) groups is 1. The van der Waals surface area contributed by atoms with Crippen LogP contribution in [-0.4, -0.2) is 11.9 Å². The van der Waals surface area contributed by atoms with E-state index in [1.807, 2.05) is 24.3 Å². The maximum Gasteiger partial charge on any atom is 0.255 e. The second-order valence-corrected chi connectivity index (χ2v) is 3.89. The van der Waals surface area contributed by atoms with Crippen molar-refractivity contribution < 1.29 is 9.21 Å². The standard InChI is InChI=1S/C12H11NO2/c14-12(13-8-5-6-8)10-7-15-11-4-2-1-3-9(10)11/h1-4,7-8H,5-6H2,(H,13,14). The molecule has 0 spiro atoms. The molecule has 1 fully saturated rings. The molecule has 3 nitrogen and oxygen atoms in total. The van der Waals surface area contributed by atoms with Crippen molar-refractivity contribution in [1.82, 2.24) is 5.32 Å². The monoisotopic (exact) mass is 201 g/mol. The van der Waals surface area contributed by atoms with Crippen LogP contribution in [0.15, 0.2) is 34.9 Å². The summed E-state index contributed by atoms with van der Waals surface area (Å²) in [6.45, 7) is 0.